The van der Waals surface area contributed by atoms with Gasteiger partial charge in [-0.15, -0.1) is 0 Å². The van der Waals surface area contributed by atoms with E-state index in [-0.39, 0.29) is 6.03 Å². The monoisotopic (exact) mass is 326 g/mol. The van der Waals surface area contributed by atoms with Gasteiger partial charge in [0.05, 0.1) is 0 Å². The van der Waals surface area contributed by atoms with E-state index in [1.807, 2.05) is 4.90 Å². The predicted octanol–water partition coefficient (Wildman–Crippen LogP) is 2.26. The van der Waals surface area contributed by atoms with E-state index in [0.29, 0.717) is 12.1 Å². The standard InChI is InChI=1S/C19H26N4O/c1-22-13-14(17-4-2-3-5-18(17)22)6-7-15-12-16(8-9-20-15)23-11-10-21-19(23)24/h2-5,13,15-16,20H,6-12H2,1H3,(H,21,24). The predicted molar refractivity (Wildman–Crippen MR) is 96.2 cm³/mol. The maximum Gasteiger partial charge on any atom is 0.317 e. The van der Waals surface area contributed by atoms with Crippen molar-refractivity contribution in [2.75, 3.05) is 19.6 Å². The molecule has 2 saturated heterocycles. The number of carbonyl (C=O) groups is 1. The molecule has 2 amide bonds. The first kappa shape index (κ1) is 15.5. The van der Waals surface area contributed by atoms with Crippen LogP contribution in [0.1, 0.15) is 24.8 Å². The number of aromatic nitrogens is 1. The third-order valence-corrected chi connectivity index (χ3v) is 5.54. The number of carbonyl (C=O) groups excluding carboxylic acids is 1. The molecule has 0 radical (unpaired) electrons. The number of nitrogens with one attached hydrogen (secondary N) is 2. The zero-order chi connectivity index (χ0) is 16.5. The Morgan fingerprint density at radius 1 is 1.25 bits per heavy atom. The lowest BCUT2D eigenvalue weighted by molar-refractivity contribution is 0.169. The molecule has 2 aromatic rings. The van der Waals surface area contributed by atoms with Crippen LogP contribution in [0.3, 0.4) is 0 Å². The van der Waals surface area contributed by atoms with Crippen LogP contribution in [-0.4, -0.2) is 47.2 Å². The number of para-hydroxylation sites is 1. The Balaban J connectivity index is 1.41. The van der Waals surface area contributed by atoms with Crippen LogP contribution in [0.5, 0.6) is 0 Å². The summed E-state index contributed by atoms with van der Waals surface area (Å²) in [5.74, 6) is 0. The summed E-state index contributed by atoms with van der Waals surface area (Å²) < 4.78 is 2.22. The molecule has 2 aliphatic heterocycles. The molecule has 2 aliphatic rings. The first-order valence-corrected chi connectivity index (χ1v) is 9.03. The molecule has 1 aromatic carbocycles. The molecule has 2 unspecified atom stereocenters. The Labute approximate surface area is 143 Å². The topological polar surface area (TPSA) is 49.3 Å². The molecule has 5 heteroatoms. The molecular formula is C19H26N4O. The molecule has 0 spiro atoms. The average molecular weight is 326 g/mol. The number of nitrogens with zero attached hydrogens (tertiary/aromatic N) is 2. The van der Waals surface area contributed by atoms with E-state index < -0.39 is 0 Å². The lowest BCUT2D eigenvalue weighted by Gasteiger charge is -2.35. The minimum Gasteiger partial charge on any atom is -0.350 e. The van der Waals surface area contributed by atoms with Crippen molar-refractivity contribution in [3.63, 3.8) is 0 Å². The molecule has 0 saturated carbocycles. The second-order valence-electron chi connectivity index (χ2n) is 7.08. The van der Waals surface area contributed by atoms with Crippen molar-refractivity contribution in [1.29, 1.82) is 0 Å². The fraction of sp³-hybridized carbons (Fsp3) is 0.526. The Morgan fingerprint density at radius 2 is 2.12 bits per heavy atom. The fourth-order valence-corrected chi connectivity index (χ4v) is 4.28. The van der Waals surface area contributed by atoms with E-state index in [9.17, 15) is 4.79 Å². The van der Waals surface area contributed by atoms with Crippen LogP contribution >= 0.6 is 0 Å². The molecule has 2 fully saturated rings. The van der Waals surface area contributed by atoms with Crippen LogP contribution < -0.4 is 10.6 Å². The maximum atomic E-state index is 11.9. The molecule has 24 heavy (non-hydrogen) atoms. The molecule has 0 bridgehead atoms. The minimum absolute atomic E-state index is 0.120. The second-order valence-corrected chi connectivity index (χ2v) is 7.08. The Morgan fingerprint density at radius 3 is 2.96 bits per heavy atom. The molecule has 5 nitrogen and oxygen atoms in total. The van der Waals surface area contributed by atoms with Crippen LogP contribution in [-0.2, 0) is 13.5 Å². The Bertz CT molecular complexity index is 738. The number of urea groups is 1. The van der Waals surface area contributed by atoms with E-state index in [1.54, 1.807) is 0 Å². The Kier molecular flexibility index (Phi) is 4.19. The number of amides is 2. The van der Waals surface area contributed by atoms with Crippen LogP contribution in [0, 0.1) is 0 Å². The molecule has 3 heterocycles. The van der Waals surface area contributed by atoms with Gasteiger partial charge in [0.15, 0.2) is 0 Å². The van der Waals surface area contributed by atoms with Gasteiger partial charge in [-0.1, -0.05) is 18.2 Å². The first-order chi connectivity index (χ1) is 11.7. The zero-order valence-corrected chi connectivity index (χ0v) is 14.3. The van der Waals surface area contributed by atoms with Gasteiger partial charge < -0.3 is 20.1 Å². The highest BCUT2D eigenvalue weighted by molar-refractivity contribution is 5.83. The van der Waals surface area contributed by atoms with Gasteiger partial charge in [0.1, 0.15) is 0 Å². The van der Waals surface area contributed by atoms with Gasteiger partial charge in [-0.3, -0.25) is 0 Å². The number of fused-ring (bicyclic) bond motifs is 1. The van der Waals surface area contributed by atoms with E-state index in [0.717, 1.165) is 45.3 Å². The van der Waals surface area contributed by atoms with E-state index in [4.69, 9.17) is 0 Å². The van der Waals surface area contributed by atoms with Gasteiger partial charge in [0.2, 0.25) is 0 Å². The molecule has 2 N–H and O–H groups in total. The molecular weight excluding hydrogens is 300 g/mol. The minimum atomic E-state index is 0.120. The summed E-state index contributed by atoms with van der Waals surface area (Å²) >= 11 is 0. The number of hydrogen-bond acceptors (Lipinski definition) is 2. The smallest absolute Gasteiger partial charge is 0.317 e. The lowest BCUT2D eigenvalue weighted by Crippen LogP contribution is -2.49. The number of aryl methyl sites for hydroxylation is 2. The largest absolute Gasteiger partial charge is 0.350 e. The maximum absolute atomic E-state index is 11.9. The average Bonchev–Trinajstić information content (AvgIpc) is 3.17. The zero-order valence-electron chi connectivity index (χ0n) is 14.3. The van der Waals surface area contributed by atoms with Crippen molar-refractivity contribution in [2.45, 2.75) is 37.8 Å². The number of piperidine rings is 1. The highest BCUT2D eigenvalue weighted by Gasteiger charge is 2.31. The number of rotatable bonds is 4. The third kappa shape index (κ3) is 2.88. The van der Waals surface area contributed by atoms with Crippen LogP contribution in [0.2, 0.25) is 0 Å². The van der Waals surface area contributed by atoms with Gasteiger partial charge in [0, 0.05) is 49.3 Å². The van der Waals surface area contributed by atoms with E-state index in [2.05, 4.69) is 52.7 Å². The fourth-order valence-electron chi connectivity index (χ4n) is 4.28. The molecule has 0 aliphatic carbocycles. The molecule has 4 rings (SSSR count). The summed E-state index contributed by atoms with van der Waals surface area (Å²) in [6.07, 6.45) is 6.60. The first-order valence-electron chi connectivity index (χ1n) is 9.03. The highest BCUT2D eigenvalue weighted by Crippen LogP contribution is 2.24. The van der Waals surface area contributed by atoms with Crippen molar-refractivity contribution in [2.24, 2.45) is 7.05 Å². The van der Waals surface area contributed by atoms with Crippen LogP contribution in [0.25, 0.3) is 10.9 Å². The quantitative estimate of drug-likeness (QED) is 0.905. The van der Waals surface area contributed by atoms with E-state index in [1.165, 1.54) is 16.5 Å². The third-order valence-electron chi connectivity index (χ3n) is 5.54. The number of benzene rings is 1. The van der Waals surface area contributed by atoms with Gasteiger partial charge in [-0.25, -0.2) is 4.79 Å². The van der Waals surface area contributed by atoms with Crippen LogP contribution in [0.4, 0.5) is 4.79 Å². The van der Waals surface area contributed by atoms with Gasteiger partial charge in [0.25, 0.3) is 0 Å². The summed E-state index contributed by atoms with van der Waals surface area (Å²) in [5.41, 5.74) is 2.73. The van der Waals surface area contributed by atoms with E-state index >= 15 is 0 Å². The van der Waals surface area contributed by atoms with Crippen LogP contribution in [0.15, 0.2) is 30.5 Å². The van der Waals surface area contributed by atoms with Crippen molar-refractivity contribution in [3.8, 4) is 0 Å². The molecule has 1 aromatic heterocycles. The normalized spacial score (nSPS) is 24.5. The summed E-state index contributed by atoms with van der Waals surface area (Å²) in [6, 6.07) is 9.63. The Hall–Kier alpha value is -2.01. The van der Waals surface area contributed by atoms with Gasteiger partial charge >= 0.3 is 6.03 Å². The molecule has 2 atom stereocenters. The van der Waals surface area contributed by atoms with Crippen molar-refractivity contribution in [1.82, 2.24) is 20.1 Å². The number of hydrogen-bond donors (Lipinski definition) is 2. The highest BCUT2D eigenvalue weighted by atomic mass is 16.2. The summed E-state index contributed by atoms with van der Waals surface area (Å²) in [4.78, 5) is 13.9. The second kappa shape index (κ2) is 6.48. The summed E-state index contributed by atoms with van der Waals surface area (Å²) in [6.45, 7) is 2.66. The SMILES string of the molecule is Cn1cc(CCC2CC(N3CCNC3=O)CCN2)c2ccccc21. The van der Waals surface area contributed by atoms with Gasteiger partial charge in [-0.05, 0) is 43.9 Å². The van der Waals surface area contributed by atoms with Crippen molar-refractivity contribution in [3.05, 3.63) is 36.0 Å². The van der Waals surface area contributed by atoms with Gasteiger partial charge in [-0.2, -0.15) is 0 Å². The summed E-state index contributed by atoms with van der Waals surface area (Å²) in [7, 11) is 2.12. The van der Waals surface area contributed by atoms with Crippen molar-refractivity contribution < 1.29 is 4.79 Å². The summed E-state index contributed by atoms with van der Waals surface area (Å²) in [5, 5.41) is 7.94. The van der Waals surface area contributed by atoms with Crippen molar-refractivity contribution >= 4 is 16.9 Å². The molecule has 128 valence electrons. The lowest BCUT2D eigenvalue weighted by atomic mass is 9.93.